The van der Waals surface area contributed by atoms with E-state index in [0.717, 1.165) is 28.1 Å². The van der Waals surface area contributed by atoms with E-state index in [-0.39, 0.29) is 18.0 Å². The Morgan fingerprint density at radius 2 is 2.07 bits per heavy atom. The van der Waals surface area contributed by atoms with Gasteiger partial charge in [-0.3, -0.25) is 14.2 Å². The van der Waals surface area contributed by atoms with Gasteiger partial charge in [0, 0.05) is 33.8 Å². The van der Waals surface area contributed by atoms with Gasteiger partial charge in [-0.25, -0.2) is 4.98 Å². The van der Waals surface area contributed by atoms with Crippen LogP contribution in [-0.4, -0.2) is 33.4 Å². The number of amides is 1. The lowest BCUT2D eigenvalue weighted by Crippen LogP contribution is -2.41. The molecule has 1 amide bonds. The van der Waals surface area contributed by atoms with Crippen LogP contribution in [0.5, 0.6) is 0 Å². The molecule has 3 aromatic heterocycles. The number of rotatable bonds is 4. The molecule has 0 aromatic carbocycles. The Bertz CT molecular complexity index is 1030. The van der Waals surface area contributed by atoms with Crippen LogP contribution in [0.3, 0.4) is 0 Å². The third-order valence-electron chi connectivity index (χ3n) is 5.39. The fourth-order valence-electron chi connectivity index (χ4n) is 3.77. The zero-order valence-electron chi connectivity index (χ0n) is 15.6. The van der Waals surface area contributed by atoms with Crippen LogP contribution < -0.4 is 5.56 Å². The first-order valence-corrected chi connectivity index (χ1v) is 11.0. The number of fused-ring (bicyclic) bond motifs is 1. The Kier molecular flexibility index (Phi) is 5.14. The lowest BCUT2D eigenvalue weighted by Gasteiger charge is -2.31. The van der Waals surface area contributed by atoms with Gasteiger partial charge in [0.15, 0.2) is 0 Å². The average Bonchev–Trinajstić information content (AvgIpc) is 3.30. The largest absolute Gasteiger partial charge is 0.341 e. The van der Waals surface area contributed by atoms with E-state index < -0.39 is 0 Å². The summed E-state index contributed by atoms with van der Waals surface area (Å²) in [5.74, 6) is -0.0195. The summed E-state index contributed by atoms with van der Waals surface area (Å²) in [7, 11) is 1.86. The summed E-state index contributed by atoms with van der Waals surface area (Å²) in [5.41, 5.74) is 0.792. The lowest BCUT2D eigenvalue weighted by atomic mass is 9.94. The van der Waals surface area contributed by atoms with Gasteiger partial charge in [-0.2, -0.15) is 0 Å². The van der Waals surface area contributed by atoms with Gasteiger partial charge in [-0.15, -0.1) is 22.7 Å². The van der Waals surface area contributed by atoms with Crippen LogP contribution in [0.25, 0.3) is 20.7 Å². The molecule has 142 valence electrons. The fourth-order valence-corrected chi connectivity index (χ4v) is 5.63. The smallest absolute Gasteiger partial charge is 0.263 e. The lowest BCUT2D eigenvalue weighted by molar-refractivity contribution is -0.133. The highest BCUT2D eigenvalue weighted by Gasteiger charge is 2.23. The maximum Gasteiger partial charge on any atom is 0.263 e. The Morgan fingerprint density at radius 3 is 2.78 bits per heavy atom. The first-order valence-electron chi connectivity index (χ1n) is 9.33. The van der Waals surface area contributed by atoms with E-state index >= 15 is 0 Å². The molecule has 0 atom stereocenters. The van der Waals surface area contributed by atoms with Gasteiger partial charge in [0.25, 0.3) is 5.56 Å². The standard InChI is InChI=1S/C20H23N3O2S2/c1-13-8-9-16(27-13)15-11-26-19-18(15)20(25)23(12-21-19)10-17(24)22(2)14-6-4-3-5-7-14/h8-9,11-12,14H,3-7,10H2,1-2H3. The van der Waals surface area contributed by atoms with Crippen LogP contribution >= 0.6 is 22.7 Å². The molecular formula is C20H23N3O2S2. The summed E-state index contributed by atoms with van der Waals surface area (Å²) in [6.07, 6.45) is 7.23. The average molecular weight is 402 g/mol. The van der Waals surface area contributed by atoms with Crippen molar-refractivity contribution in [2.75, 3.05) is 7.05 Å². The van der Waals surface area contributed by atoms with Gasteiger partial charge in [0.05, 0.1) is 11.7 Å². The number of carbonyl (C=O) groups is 1. The minimum absolute atomic E-state index is 0.0195. The number of thiophene rings is 2. The molecule has 4 rings (SSSR count). The van der Waals surface area contributed by atoms with Crippen LogP contribution in [0.4, 0.5) is 0 Å². The second-order valence-corrected chi connectivity index (χ2v) is 9.36. The van der Waals surface area contributed by atoms with Gasteiger partial charge < -0.3 is 4.90 Å². The molecule has 1 aliphatic rings. The zero-order chi connectivity index (χ0) is 19.0. The van der Waals surface area contributed by atoms with Crippen molar-refractivity contribution < 1.29 is 4.79 Å². The molecule has 0 bridgehead atoms. The molecule has 0 N–H and O–H groups in total. The molecular weight excluding hydrogens is 378 g/mol. The molecule has 0 spiro atoms. The highest BCUT2D eigenvalue weighted by Crippen LogP contribution is 2.34. The van der Waals surface area contributed by atoms with Gasteiger partial charge in [-0.1, -0.05) is 19.3 Å². The van der Waals surface area contributed by atoms with Crippen LogP contribution in [0.2, 0.25) is 0 Å². The van der Waals surface area contributed by atoms with Gasteiger partial charge in [0.1, 0.15) is 11.4 Å². The molecule has 1 aliphatic carbocycles. The van der Waals surface area contributed by atoms with Crippen molar-refractivity contribution >= 4 is 38.8 Å². The highest BCUT2D eigenvalue weighted by atomic mass is 32.1. The monoisotopic (exact) mass is 401 g/mol. The van der Waals surface area contributed by atoms with E-state index in [1.165, 1.54) is 46.4 Å². The topological polar surface area (TPSA) is 55.2 Å². The Labute approximate surface area is 166 Å². The first-order chi connectivity index (χ1) is 13.0. The van der Waals surface area contributed by atoms with E-state index in [0.29, 0.717) is 11.4 Å². The van der Waals surface area contributed by atoms with Crippen molar-refractivity contribution in [1.29, 1.82) is 0 Å². The summed E-state index contributed by atoms with van der Waals surface area (Å²) >= 11 is 3.14. The molecule has 5 nitrogen and oxygen atoms in total. The molecule has 27 heavy (non-hydrogen) atoms. The molecule has 7 heteroatoms. The van der Waals surface area contributed by atoms with Crippen LogP contribution in [0.15, 0.2) is 28.6 Å². The number of carbonyl (C=O) groups excluding carboxylic acids is 1. The van der Waals surface area contributed by atoms with Gasteiger partial charge >= 0.3 is 0 Å². The quantitative estimate of drug-likeness (QED) is 0.655. The van der Waals surface area contributed by atoms with Crippen molar-refractivity contribution in [3.8, 4) is 10.4 Å². The van der Waals surface area contributed by atoms with E-state index in [2.05, 4.69) is 18.0 Å². The molecule has 0 aliphatic heterocycles. The molecule has 0 radical (unpaired) electrons. The van der Waals surface area contributed by atoms with Crippen molar-refractivity contribution in [3.63, 3.8) is 0 Å². The molecule has 1 fully saturated rings. The van der Waals surface area contributed by atoms with Crippen molar-refractivity contribution in [2.24, 2.45) is 0 Å². The molecule has 3 heterocycles. The maximum absolute atomic E-state index is 13.1. The molecule has 0 unspecified atom stereocenters. The summed E-state index contributed by atoms with van der Waals surface area (Å²) in [5, 5.41) is 2.61. The SMILES string of the molecule is Cc1ccc(-c2csc3ncn(CC(=O)N(C)C4CCCCC4)c(=O)c23)s1. The summed E-state index contributed by atoms with van der Waals surface area (Å²) < 4.78 is 1.46. The normalized spacial score (nSPS) is 15.3. The fraction of sp³-hybridized carbons (Fsp3) is 0.450. The van der Waals surface area contributed by atoms with Gasteiger partial charge in [-0.05, 0) is 31.9 Å². The minimum Gasteiger partial charge on any atom is -0.341 e. The van der Waals surface area contributed by atoms with Crippen molar-refractivity contribution in [1.82, 2.24) is 14.5 Å². The summed E-state index contributed by atoms with van der Waals surface area (Å²) in [6.45, 7) is 2.10. The Hall–Kier alpha value is -1.99. The van der Waals surface area contributed by atoms with Crippen LogP contribution in [-0.2, 0) is 11.3 Å². The molecule has 3 aromatic rings. The van der Waals surface area contributed by atoms with Crippen LogP contribution in [0, 0.1) is 6.92 Å². The van der Waals surface area contributed by atoms with E-state index in [4.69, 9.17) is 0 Å². The second kappa shape index (κ2) is 7.56. The van der Waals surface area contributed by atoms with E-state index in [9.17, 15) is 9.59 Å². The number of hydrogen-bond acceptors (Lipinski definition) is 5. The zero-order valence-corrected chi connectivity index (χ0v) is 17.2. The van der Waals surface area contributed by atoms with Crippen LogP contribution in [0.1, 0.15) is 37.0 Å². The number of hydrogen-bond donors (Lipinski definition) is 0. The van der Waals surface area contributed by atoms with Crippen molar-refractivity contribution in [3.05, 3.63) is 39.1 Å². The third kappa shape index (κ3) is 3.58. The Balaban J connectivity index is 1.63. The number of nitrogens with zero attached hydrogens (tertiary/aromatic N) is 3. The number of aryl methyl sites for hydroxylation is 1. The predicted molar refractivity (Wildman–Crippen MR) is 112 cm³/mol. The number of likely N-dealkylation sites (N-methyl/N-ethyl adjacent to an activating group) is 1. The second-order valence-electron chi connectivity index (χ2n) is 7.21. The summed E-state index contributed by atoms with van der Waals surface area (Å²) in [4.78, 5) is 35.1. The molecule has 0 saturated heterocycles. The predicted octanol–water partition coefficient (Wildman–Crippen LogP) is 4.29. The van der Waals surface area contributed by atoms with Gasteiger partial charge in [0.2, 0.25) is 5.91 Å². The highest BCUT2D eigenvalue weighted by molar-refractivity contribution is 7.19. The first kappa shape index (κ1) is 18.4. The van der Waals surface area contributed by atoms with Crippen molar-refractivity contribution in [2.45, 2.75) is 51.6 Å². The molecule has 1 saturated carbocycles. The minimum atomic E-state index is -0.132. The third-order valence-corrected chi connectivity index (χ3v) is 7.31. The number of aromatic nitrogens is 2. The van der Waals surface area contributed by atoms with E-state index in [1.807, 2.05) is 23.4 Å². The maximum atomic E-state index is 13.1. The Morgan fingerprint density at radius 1 is 1.30 bits per heavy atom. The summed E-state index contributed by atoms with van der Waals surface area (Å²) in [6, 6.07) is 4.39. The van der Waals surface area contributed by atoms with E-state index in [1.54, 1.807) is 11.3 Å².